The van der Waals surface area contributed by atoms with Crippen molar-refractivity contribution < 1.29 is 23.7 Å². The van der Waals surface area contributed by atoms with Crippen LogP contribution in [0.2, 0.25) is 0 Å². The Morgan fingerprint density at radius 1 is 1.06 bits per heavy atom. The Hall–Kier alpha value is -3.10. The van der Waals surface area contributed by atoms with Crippen LogP contribution in [0.4, 0.5) is 4.39 Å². The maximum absolute atomic E-state index is 13.0. The van der Waals surface area contributed by atoms with Crippen molar-refractivity contribution in [2.45, 2.75) is 44.9 Å². The zero-order valence-electron chi connectivity index (χ0n) is 20.5. The molecule has 2 aromatic carbocycles. The molecule has 2 heterocycles. The van der Waals surface area contributed by atoms with Crippen molar-refractivity contribution in [1.29, 1.82) is 0 Å². The number of benzene rings is 2. The molecule has 0 unspecified atom stereocenters. The first-order valence-corrected chi connectivity index (χ1v) is 12.0. The zero-order valence-corrected chi connectivity index (χ0v) is 20.5. The van der Waals surface area contributed by atoms with Crippen LogP contribution < -0.4 is 14.2 Å². The summed E-state index contributed by atoms with van der Waals surface area (Å²) >= 11 is 0. The maximum atomic E-state index is 13.0. The second kappa shape index (κ2) is 11.6. The summed E-state index contributed by atoms with van der Waals surface area (Å²) in [5.74, 6) is 1.71. The highest BCUT2D eigenvalue weighted by molar-refractivity contribution is 5.43. The first kappa shape index (κ1) is 25.0. The smallest absolute Gasteiger partial charge is 0.161 e. The van der Waals surface area contributed by atoms with Crippen molar-refractivity contribution in [3.63, 3.8) is 0 Å². The standard InChI is InChI=1S/C27H34FN3O4/c1-21-17-29-31(18-21)12-3-15-34-25-9-4-22(16-26(25)33-2)19-30-13-10-27(32,11-14-30)20-35-24-7-5-23(28)6-8-24/h4-9,16-18,32H,3,10-15,19-20H2,1-2H3. The molecule has 3 aromatic rings. The van der Waals surface area contributed by atoms with E-state index >= 15 is 0 Å². The Bertz CT molecular complexity index is 1080. The molecule has 1 fully saturated rings. The predicted octanol–water partition coefficient (Wildman–Crippen LogP) is 4.21. The normalized spacial score (nSPS) is 15.7. The van der Waals surface area contributed by atoms with Crippen molar-refractivity contribution in [3.05, 3.63) is 71.8 Å². The van der Waals surface area contributed by atoms with Gasteiger partial charge in [0.05, 0.1) is 19.9 Å². The fraction of sp³-hybridized carbons (Fsp3) is 0.444. The third-order valence-electron chi connectivity index (χ3n) is 6.29. The molecular weight excluding hydrogens is 449 g/mol. The number of halogens is 1. The van der Waals surface area contributed by atoms with Gasteiger partial charge in [0.25, 0.3) is 0 Å². The van der Waals surface area contributed by atoms with E-state index in [0.717, 1.165) is 55.2 Å². The number of aryl methyl sites for hydroxylation is 2. The fourth-order valence-corrected chi connectivity index (χ4v) is 4.21. The molecule has 1 saturated heterocycles. The topological polar surface area (TPSA) is 69.0 Å². The van der Waals surface area contributed by atoms with Gasteiger partial charge in [0.2, 0.25) is 0 Å². The lowest BCUT2D eigenvalue weighted by Crippen LogP contribution is -2.47. The highest BCUT2D eigenvalue weighted by atomic mass is 19.1. The molecule has 1 aliphatic rings. The van der Waals surface area contributed by atoms with Crippen LogP contribution in [0.25, 0.3) is 0 Å². The summed E-state index contributed by atoms with van der Waals surface area (Å²) in [6.45, 7) is 5.91. The molecule has 1 aromatic heterocycles. The monoisotopic (exact) mass is 483 g/mol. The number of piperidine rings is 1. The molecule has 8 heteroatoms. The molecule has 1 aliphatic heterocycles. The van der Waals surface area contributed by atoms with Crippen LogP contribution in [0.5, 0.6) is 17.2 Å². The van der Waals surface area contributed by atoms with Crippen molar-refractivity contribution >= 4 is 0 Å². The Balaban J connectivity index is 1.22. The maximum Gasteiger partial charge on any atom is 0.161 e. The van der Waals surface area contributed by atoms with Gasteiger partial charge < -0.3 is 19.3 Å². The summed E-state index contributed by atoms with van der Waals surface area (Å²) in [6.07, 6.45) is 5.96. The minimum absolute atomic E-state index is 0.201. The third kappa shape index (κ3) is 7.19. The number of ether oxygens (including phenoxy) is 3. The number of hydrogen-bond donors (Lipinski definition) is 1. The fourth-order valence-electron chi connectivity index (χ4n) is 4.21. The van der Waals surface area contributed by atoms with E-state index in [-0.39, 0.29) is 12.4 Å². The number of rotatable bonds is 11. The van der Waals surface area contributed by atoms with E-state index in [1.165, 1.54) is 12.1 Å². The molecule has 0 bridgehead atoms. The molecule has 0 spiro atoms. The van der Waals surface area contributed by atoms with Crippen molar-refractivity contribution in [2.75, 3.05) is 33.4 Å². The van der Waals surface area contributed by atoms with Crippen molar-refractivity contribution in [3.8, 4) is 17.2 Å². The minimum atomic E-state index is -0.880. The van der Waals surface area contributed by atoms with E-state index in [2.05, 4.69) is 16.1 Å². The van der Waals surface area contributed by atoms with Crippen LogP contribution >= 0.6 is 0 Å². The van der Waals surface area contributed by atoms with Gasteiger partial charge in [-0.15, -0.1) is 0 Å². The highest BCUT2D eigenvalue weighted by Crippen LogP contribution is 2.30. The number of methoxy groups -OCH3 is 1. The van der Waals surface area contributed by atoms with Crippen LogP contribution in [0.15, 0.2) is 54.9 Å². The van der Waals surface area contributed by atoms with Gasteiger partial charge in [0, 0.05) is 38.8 Å². The Labute approximate surface area is 206 Å². The third-order valence-corrected chi connectivity index (χ3v) is 6.29. The quantitative estimate of drug-likeness (QED) is 0.412. The average Bonchev–Trinajstić information content (AvgIpc) is 3.28. The molecule has 0 atom stereocenters. The molecule has 7 nitrogen and oxygen atoms in total. The lowest BCUT2D eigenvalue weighted by Gasteiger charge is -2.38. The second-order valence-electron chi connectivity index (χ2n) is 9.21. The van der Waals surface area contributed by atoms with E-state index in [1.807, 2.05) is 36.1 Å². The number of likely N-dealkylation sites (tertiary alicyclic amines) is 1. The SMILES string of the molecule is COc1cc(CN2CCC(O)(COc3ccc(F)cc3)CC2)ccc1OCCCn1cc(C)cn1. The Morgan fingerprint density at radius 3 is 2.51 bits per heavy atom. The summed E-state index contributed by atoms with van der Waals surface area (Å²) < 4.78 is 32.2. The van der Waals surface area contributed by atoms with Gasteiger partial charge in [-0.05, 0) is 67.3 Å². The number of aliphatic hydroxyl groups is 1. The van der Waals surface area contributed by atoms with E-state index in [4.69, 9.17) is 14.2 Å². The van der Waals surface area contributed by atoms with Crippen molar-refractivity contribution in [2.24, 2.45) is 0 Å². The lowest BCUT2D eigenvalue weighted by atomic mass is 9.92. The van der Waals surface area contributed by atoms with Gasteiger partial charge in [-0.25, -0.2) is 4.39 Å². The zero-order chi connectivity index (χ0) is 24.7. The molecule has 1 N–H and O–H groups in total. The Kier molecular flexibility index (Phi) is 8.25. The molecule has 4 rings (SSSR count). The average molecular weight is 484 g/mol. The second-order valence-corrected chi connectivity index (χ2v) is 9.21. The molecule has 35 heavy (non-hydrogen) atoms. The van der Waals surface area contributed by atoms with Crippen LogP contribution in [0.1, 0.15) is 30.4 Å². The molecular formula is C27H34FN3O4. The van der Waals surface area contributed by atoms with Crippen LogP contribution in [0, 0.1) is 12.7 Å². The highest BCUT2D eigenvalue weighted by Gasteiger charge is 2.33. The first-order valence-electron chi connectivity index (χ1n) is 12.0. The molecule has 188 valence electrons. The summed E-state index contributed by atoms with van der Waals surface area (Å²) in [5, 5.41) is 15.2. The lowest BCUT2D eigenvalue weighted by molar-refractivity contribution is -0.0537. The molecule has 0 amide bonds. The van der Waals surface area contributed by atoms with Gasteiger partial charge in [-0.3, -0.25) is 9.58 Å². The number of hydrogen-bond acceptors (Lipinski definition) is 6. The van der Waals surface area contributed by atoms with Gasteiger partial charge in [0.15, 0.2) is 11.5 Å². The summed E-state index contributed by atoms with van der Waals surface area (Å²) in [4.78, 5) is 2.31. The Morgan fingerprint density at radius 2 is 1.83 bits per heavy atom. The van der Waals surface area contributed by atoms with Crippen molar-refractivity contribution in [1.82, 2.24) is 14.7 Å². The van der Waals surface area contributed by atoms with Gasteiger partial charge in [0.1, 0.15) is 23.8 Å². The molecule has 0 aliphatic carbocycles. The predicted molar refractivity (Wildman–Crippen MR) is 131 cm³/mol. The van der Waals surface area contributed by atoms with E-state index < -0.39 is 5.60 Å². The van der Waals surface area contributed by atoms with Gasteiger partial charge >= 0.3 is 0 Å². The van der Waals surface area contributed by atoms with Gasteiger partial charge in [-0.2, -0.15) is 5.10 Å². The van der Waals surface area contributed by atoms with E-state index in [0.29, 0.717) is 25.2 Å². The molecule has 0 saturated carbocycles. The summed E-state index contributed by atoms with van der Waals surface area (Å²) in [6, 6.07) is 11.9. The number of nitrogens with zero attached hydrogens (tertiary/aromatic N) is 3. The van der Waals surface area contributed by atoms with Crippen LogP contribution in [-0.2, 0) is 13.1 Å². The van der Waals surface area contributed by atoms with Gasteiger partial charge in [-0.1, -0.05) is 6.07 Å². The minimum Gasteiger partial charge on any atom is -0.493 e. The first-order chi connectivity index (χ1) is 16.9. The van der Waals surface area contributed by atoms with E-state index in [9.17, 15) is 9.50 Å². The van der Waals surface area contributed by atoms with E-state index in [1.54, 1.807) is 19.2 Å². The van der Waals surface area contributed by atoms with Crippen LogP contribution in [0.3, 0.4) is 0 Å². The number of aromatic nitrogens is 2. The largest absolute Gasteiger partial charge is 0.493 e. The molecule has 0 radical (unpaired) electrons. The van der Waals surface area contributed by atoms with Crippen LogP contribution in [-0.4, -0.2) is 58.8 Å². The summed E-state index contributed by atoms with van der Waals surface area (Å²) in [7, 11) is 1.65. The summed E-state index contributed by atoms with van der Waals surface area (Å²) in [5.41, 5.74) is 1.41.